The van der Waals surface area contributed by atoms with E-state index in [0.29, 0.717) is 5.41 Å². The molecule has 0 radical (unpaired) electrons. The molecule has 0 saturated heterocycles. The van der Waals surface area contributed by atoms with E-state index >= 15 is 0 Å². The van der Waals surface area contributed by atoms with E-state index in [1.807, 2.05) is 0 Å². The van der Waals surface area contributed by atoms with Gasteiger partial charge in [-0.1, -0.05) is 43.9 Å². The first-order valence-corrected chi connectivity index (χ1v) is 12.0. The van der Waals surface area contributed by atoms with Gasteiger partial charge in [0.15, 0.2) is 0 Å². The van der Waals surface area contributed by atoms with Gasteiger partial charge in [0.1, 0.15) is 0 Å². The molecule has 1 N–H and O–H groups in total. The Kier molecular flexibility index (Phi) is 5.64. The molecule has 1 aromatic rings. The molecular formula is C18H31NOSi. The van der Waals surface area contributed by atoms with Gasteiger partial charge in [-0.2, -0.15) is 0 Å². The summed E-state index contributed by atoms with van der Waals surface area (Å²) in [6, 6.07) is 10.5. The van der Waals surface area contributed by atoms with Crippen LogP contribution in [0.25, 0.3) is 0 Å². The number of rotatable bonds is 7. The molecule has 1 aliphatic carbocycles. The number of nitrogens with one attached hydrogen (secondary N) is 1. The average molecular weight is 306 g/mol. The van der Waals surface area contributed by atoms with Gasteiger partial charge in [-0.15, -0.1) is 0 Å². The molecule has 0 fully saturated rings. The van der Waals surface area contributed by atoms with E-state index in [1.165, 1.54) is 25.3 Å². The maximum atomic E-state index is 5.18. The Labute approximate surface area is 131 Å². The number of ether oxygens (including phenoxy) is 1. The van der Waals surface area contributed by atoms with Crippen LogP contribution in [0.15, 0.2) is 24.3 Å². The smallest absolute Gasteiger partial charge is 0.0587 e. The zero-order valence-electron chi connectivity index (χ0n) is 14.2. The summed E-state index contributed by atoms with van der Waals surface area (Å²) >= 11 is 0. The van der Waals surface area contributed by atoms with Gasteiger partial charge in [0.25, 0.3) is 0 Å². The zero-order chi connectivity index (χ0) is 15.3. The molecule has 0 aliphatic heterocycles. The van der Waals surface area contributed by atoms with Crippen LogP contribution in [-0.4, -0.2) is 34.9 Å². The summed E-state index contributed by atoms with van der Waals surface area (Å²) in [6.45, 7) is 10.3. The molecule has 0 amide bonds. The first-order valence-electron chi connectivity index (χ1n) is 8.25. The van der Waals surface area contributed by atoms with Crippen molar-refractivity contribution in [3.63, 3.8) is 0 Å². The molecule has 1 unspecified atom stereocenters. The highest BCUT2D eigenvalue weighted by atomic mass is 28.3. The molecule has 3 heteroatoms. The number of aryl methyl sites for hydroxylation is 1. The van der Waals surface area contributed by atoms with Crippen LogP contribution in [0.5, 0.6) is 0 Å². The van der Waals surface area contributed by atoms with E-state index in [2.05, 4.69) is 49.2 Å². The van der Waals surface area contributed by atoms with E-state index in [-0.39, 0.29) is 0 Å². The molecule has 21 heavy (non-hydrogen) atoms. The van der Waals surface area contributed by atoms with Crippen LogP contribution in [0.3, 0.4) is 0 Å². The maximum absolute atomic E-state index is 5.18. The Balaban J connectivity index is 2.24. The number of benzene rings is 1. The van der Waals surface area contributed by atoms with Crippen LogP contribution in [0, 0.1) is 0 Å². The predicted octanol–water partition coefficient (Wildman–Crippen LogP) is 3.83. The fourth-order valence-corrected chi connectivity index (χ4v) is 6.48. The van der Waals surface area contributed by atoms with E-state index in [0.717, 1.165) is 19.7 Å². The Bertz CT molecular complexity index is 455. The molecule has 118 valence electrons. The Hall–Kier alpha value is -0.643. The lowest BCUT2D eigenvalue weighted by Crippen LogP contribution is -2.46. The fourth-order valence-electron chi connectivity index (χ4n) is 3.95. The summed E-state index contributed by atoms with van der Waals surface area (Å²) in [5, 5.41) is 3.66. The first-order chi connectivity index (χ1) is 9.97. The lowest BCUT2D eigenvalue weighted by Gasteiger charge is -2.43. The van der Waals surface area contributed by atoms with Crippen molar-refractivity contribution in [1.82, 2.24) is 5.32 Å². The monoisotopic (exact) mass is 305 g/mol. The lowest BCUT2D eigenvalue weighted by atomic mass is 9.71. The zero-order valence-corrected chi connectivity index (χ0v) is 15.2. The van der Waals surface area contributed by atoms with Crippen molar-refractivity contribution in [1.29, 1.82) is 0 Å². The minimum atomic E-state index is -1.13. The highest BCUT2D eigenvalue weighted by Gasteiger charge is 2.39. The summed E-state index contributed by atoms with van der Waals surface area (Å²) in [5.74, 6) is 0. The quantitative estimate of drug-likeness (QED) is 0.610. The molecule has 0 saturated carbocycles. The first kappa shape index (κ1) is 16.7. The number of hydrogen-bond donors (Lipinski definition) is 1. The van der Waals surface area contributed by atoms with Crippen LogP contribution in [0.2, 0.25) is 25.7 Å². The summed E-state index contributed by atoms with van der Waals surface area (Å²) < 4.78 is 5.18. The van der Waals surface area contributed by atoms with Crippen LogP contribution >= 0.6 is 0 Å². The molecule has 1 atom stereocenters. The van der Waals surface area contributed by atoms with Crippen molar-refractivity contribution < 1.29 is 4.74 Å². The highest BCUT2D eigenvalue weighted by molar-refractivity contribution is 6.76. The van der Waals surface area contributed by atoms with Crippen LogP contribution < -0.4 is 5.32 Å². The molecule has 0 aromatic heterocycles. The average Bonchev–Trinajstić information content (AvgIpc) is 2.43. The molecule has 0 bridgehead atoms. The molecular weight excluding hydrogens is 274 g/mol. The van der Waals surface area contributed by atoms with Crippen molar-refractivity contribution in [3.05, 3.63) is 35.4 Å². The van der Waals surface area contributed by atoms with Gasteiger partial charge in [0.05, 0.1) is 6.61 Å². The number of methoxy groups -OCH3 is 1. The van der Waals surface area contributed by atoms with E-state index in [4.69, 9.17) is 4.74 Å². The standard InChI is InChI=1S/C18H31NOSi/c1-20-13-12-19-14-18(15-21(2,3)4)11-7-9-16-8-5-6-10-17(16)18/h5-6,8,10,19H,7,9,11-15H2,1-4H3. The summed E-state index contributed by atoms with van der Waals surface area (Å²) in [7, 11) is 0.648. The van der Waals surface area contributed by atoms with Crippen molar-refractivity contribution in [2.45, 2.75) is 50.4 Å². The fraction of sp³-hybridized carbons (Fsp3) is 0.667. The number of hydrogen-bond acceptors (Lipinski definition) is 2. The largest absolute Gasteiger partial charge is 0.383 e. The van der Waals surface area contributed by atoms with E-state index in [1.54, 1.807) is 18.2 Å². The third-order valence-corrected chi connectivity index (χ3v) is 6.24. The summed E-state index contributed by atoms with van der Waals surface area (Å²) in [6.07, 6.45) is 3.91. The molecule has 1 aromatic carbocycles. The third kappa shape index (κ3) is 4.41. The van der Waals surface area contributed by atoms with Crippen LogP contribution in [-0.2, 0) is 16.6 Å². The van der Waals surface area contributed by atoms with E-state index in [9.17, 15) is 0 Å². The molecule has 0 heterocycles. The Morgan fingerprint density at radius 2 is 2.00 bits per heavy atom. The third-order valence-electron chi connectivity index (χ3n) is 4.51. The predicted molar refractivity (Wildman–Crippen MR) is 94.0 cm³/mol. The topological polar surface area (TPSA) is 21.3 Å². The SMILES string of the molecule is COCCNCC1(C[Si](C)(C)C)CCCc2ccccc21. The Morgan fingerprint density at radius 1 is 1.24 bits per heavy atom. The van der Waals surface area contributed by atoms with Crippen molar-refractivity contribution >= 4 is 8.07 Å². The second-order valence-electron chi connectivity index (χ2n) is 7.70. The van der Waals surface area contributed by atoms with Gasteiger partial charge < -0.3 is 10.1 Å². The second kappa shape index (κ2) is 7.08. The van der Waals surface area contributed by atoms with Gasteiger partial charge in [0, 0.05) is 33.7 Å². The lowest BCUT2D eigenvalue weighted by molar-refractivity contribution is 0.196. The van der Waals surface area contributed by atoms with Crippen molar-refractivity contribution in [2.24, 2.45) is 0 Å². The Morgan fingerprint density at radius 3 is 2.71 bits per heavy atom. The van der Waals surface area contributed by atoms with Gasteiger partial charge in [-0.3, -0.25) is 0 Å². The van der Waals surface area contributed by atoms with Gasteiger partial charge in [-0.05, 0) is 36.4 Å². The van der Waals surface area contributed by atoms with Crippen molar-refractivity contribution in [3.8, 4) is 0 Å². The molecule has 2 nitrogen and oxygen atoms in total. The highest BCUT2D eigenvalue weighted by Crippen LogP contribution is 2.42. The van der Waals surface area contributed by atoms with Crippen LogP contribution in [0.4, 0.5) is 0 Å². The minimum Gasteiger partial charge on any atom is -0.383 e. The minimum absolute atomic E-state index is 0.340. The molecule has 0 spiro atoms. The van der Waals surface area contributed by atoms with Crippen molar-refractivity contribution in [2.75, 3.05) is 26.8 Å². The summed E-state index contributed by atoms with van der Waals surface area (Å²) in [5.41, 5.74) is 3.53. The van der Waals surface area contributed by atoms with Gasteiger partial charge in [0.2, 0.25) is 0 Å². The summed E-state index contributed by atoms with van der Waals surface area (Å²) in [4.78, 5) is 0. The molecule has 1 aliphatic rings. The van der Waals surface area contributed by atoms with Gasteiger partial charge >= 0.3 is 0 Å². The normalized spacial score (nSPS) is 22.1. The van der Waals surface area contributed by atoms with Crippen LogP contribution in [0.1, 0.15) is 24.0 Å². The number of fused-ring (bicyclic) bond motifs is 1. The maximum Gasteiger partial charge on any atom is 0.0587 e. The van der Waals surface area contributed by atoms with Gasteiger partial charge in [-0.25, -0.2) is 0 Å². The van der Waals surface area contributed by atoms with E-state index < -0.39 is 8.07 Å². The molecule has 2 rings (SSSR count). The second-order valence-corrected chi connectivity index (χ2v) is 13.2.